The average molecular weight is 379 g/mol. The first kappa shape index (κ1) is 19.0. The molecule has 2 aromatic carbocycles. The van der Waals surface area contributed by atoms with Crippen molar-refractivity contribution in [2.75, 3.05) is 19.0 Å². The van der Waals surface area contributed by atoms with E-state index in [-0.39, 0.29) is 0 Å². The number of hydrogen-bond donors (Lipinski definition) is 2. The smallest absolute Gasteiger partial charge is 0.337 e. The molecule has 0 spiro atoms. The first-order chi connectivity index (χ1) is 12.0. The molecule has 0 aliphatic rings. The molecule has 0 bridgehead atoms. The largest absolute Gasteiger partial charge is 0.494 e. The summed E-state index contributed by atoms with van der Waals surface area (Å²) in [6.07, 6.45) is 0. The summed E-state index contributed by atoms with van der Waals surface area (Å²) in [4.78, 5) is 11.6. The van der Waals surface area contributed by atoms with E-state index in [1.165, 1.54) is 7.11 Å². The molecule has 0 amide bonds. The van der Waals surface area contributed by atoms with E-state index in [0.717, 1.165) is 11.3 Å². The Labute approximate surface area is 157 Å². The van der Waals surface area contributed by atoms with Gasteiger partial charge in [0.05, 0.1) is 30.0 Å². The van der Waals surface area contributed by atoms with Crippen LogP contribution >= 0.6 is 23.8 Å². The highest BCUT2D eigenvalue weighted by Gasteiger charge is 2.10. The van der Waals surface area contributed by atoms with Gasteiger partial charge in [-0.05, 0) is 55.0 Å². The molecule has 0 aliphatic carbocycles. The second kappa shape index (κ2) is 9.25. The number of ether oxygens (including phenoxy) is 2. The predicted molar refractivity (Wildman–Crippen MR) is 103 cm³/mol. The van der Waals surface area contributed by atoms with Gasteiger partial charge < -0.3 is 20.1 Å². The maximum absolute atomic E-state index is 11.6. The van der Waals surface area contributed by atoms with Crippen LogP contribution in [0, 0.1) is 0 Å². The number of halogens is 1. The Morgan fingerprint density at radius 1 is 1.24 bits per heavy atom. The number of carbonyl (C=O) groups excluding carboxylic acids is 1. The molecule has 2 N–H and O–H groups in total. The van der Waals surface area contributed by atoms with E-state index in [0.29, 0.717) is 34.5 Å². The fourth-order valence-electron chi connectivity index (χ4n) is 2.13. The number of benzene rings is 2. The lowest BCUT2D eigenvalue weighted by molar-refractivity contribution is 0.0601. The number of anilines is 1. The average Bonchev–Trinajstić information content (AvgIpc) is 2.62. The monoisotopic (exact) mass is 378 g/mol. The predicted octanol–water partition coefficient (Wildman–Crippen LogP) is 4.01. The molecule has 0 fully saturated rings. The highest BCUT2D eigenvalue weighted by molar-refractivity contribution is 7.80. The van der Waals surface area contributed by atoms with E-state index in [2.05, 4.69) is 10.6 Å². The third-order valence-corrected chi connectivity index (χ3v) is 3.87. The second-order valence-electron chi connectivity index (χ2n) is 5.07. The lowest BCUT2D eigenvalue weighted by atomic mass is 10.2. The Morgan fingerprint density at radius 3 is 2.76 bits per heavy atom. The van der Waals surface area contributed by atoms with Crippen molar-refractivity contribution in [2.24, 2.45) is 0 Å². The number of esters is 1. The van der Waals surface area contributed by atoms with Crippen LogP contribution in [0.5, 0.6) is 5.75 Å². The zero-order valence-corrected chi connectivity index (χ0v) is 15.5. The van der Waals surface area contributed by atoms with Crippen molar-refractivity contribution in [2.45, 2.75) is 13.5 Å². The second-order valence-corrected chi connectivity index (χ2v) is 5.89. The van der Waals surface area contributed by atoms with E-state index in [1.807, 2.05) is 31.2 Å². The van der Waals surface area contributed by atoms with E-state index in [4.69, 9.17) is 33.3 Å². The van der Waals surface area contributed by atoms with Crippen molar-refractivity contribution in [1.29, 1.82) is 0 Å². The van der Waals surface area contributed by atoms with Gasteiger partial charge in [0, 0.05) is 6.54 Å². The van der Waals surface area contributed by atoms with Crippen molar-refractivity contribution >= 4 is 40.6 Å². The Balaban J connectivity index is 1.98. The molecule has 0 aromatic heterocycles. The molecule has 0 atom stereocenters. The molecule has 132 valence electrons. The molecule has 7 heteroatoms. The van der Waals surface area contributed by atoms with Gasteiger partial charge in [0.25, 0.3) is 0 Å². The van der Waals surface area contributed by atoms with Gasteiger partial charge >= 0.3 is 5.97 Å². The zero-order valence-electron chi connectivity index (χ0n) is 14.0. The fourth-order valence-corrected chi connectivity index (χ4v) is 2.47. The van der Waals surface area contributed by atoms with Crippen molar-refractivity contribution in [1.82, 2.24) is 5.32 Å². The van der Waals surface area contributed by atoms with Crippen molar-refractivity contribution in [3.05, 3.63) is 58.6 Å². The highest BCUT2D eigenvalue weighted by atomic mass is 35.5. The molecule has 0 saturated heterocycles. The summed E-state index contributed by atoms with van der Waals surface area (Å²) in [7, 11) is 1.33. The SMILES string of the molecule is CCOc1cccc(CNC(=S)Nc2cc(C(=O)OC)ccc2Cl)c1. The van der Waals surface area contributed by atoms with Gasteiger partial charge in [0.1, 0.15) is 5.75 Å². The summed E-state index contributed by atoms with van der Waals surface area (Å²) in [6, 6.07) is 12.6. The normalized spacial score (nSPS) is 10.0. The molecule has 0 aliphatic heterocycles. The molecule has 0 radical (unpaired) electrons. The van der Waals surface area contributed by atoms with Gasteiger partial charge in [-0.3, -0.25) is 0 Å². The third kappa shape index (κ3) is 5.62. The van der Waals surface area contributed by atoms with Crippen LogP contribution in [0.25, 0.3) is 0 Å². The zero-order chi connectivity index (χ0) is 18.2. The van der Waals surface area contributed by atoms with Gasteiger partial charge in [0.2, 0.25) is 0 Å². The quantitative estimate of drug-likeness (QED) is 0.585. The Hall–Kier alpha value is -2.31. The van der Waals surface area contributed by atoms with Crippen molar-refractivity contribution in [3.8, 4) is 5.75 Å². The maximum atomic E-state index is 11.6. The lowest BCUT2D eigenvalue weighted by Crippen LogP contribution is -2.28. The van der Waals surface area contributed by atoms with E-state index in [1.54, 1.807) is 18.2 Å². The fraction of sp³-hybridized carbons (Fsp3) is 0.222. The Morgan fingerprint density at radius 2 is 2.04 bits per heavy atom. The number of nitrogens with one attached hydrogen (secondary N) is 2. The van der Waals surface area contributed by atoms with Crippen LogP contribution in [0.1, 0.15) is 22.8 Å². The first-order valence-corrected chi connectivity index (χ1v) is 8.46. The van der Waals surface area contributed by atoms with E-state index in [9.17, 15) is 4.79 Å². The lowest BCUT2D eigenvalue weighted by Gasteiger charge is -2.13. The number of carbonyl (C=O) groups is 1. The molecule has 0 heterocycles. The van der Waals surface area contributed by atoms with Gasteiger partial charge in [-0.15, -0.1) is 0 Å². The summed E-state index contributed by atoms with van der Waals surface area (Å²) >= 11 is 11.4. The summed E-state index contributed by atoms with van der Waals surface area (Å²) < 4.78 is 10.2. The summed E-state index contributed by atoms with van der Waals surface area (Å²) in [5, 5.41) is 6.93. The third-order valence-electron chi connectivity index (χ3n) is 3.30. The summed E-state index contributed by atoms with van der Waals surface area (Å²) in [5.41, 5.74) is 1.95. The molecular weight excluding hydrogens is 360 g/mol. The van der Waals surface area contributed by atoms with Crippen LogP contribution < -0.4 is 15.4 Å². The molecule has 2 rings (SSSR count). The van der Waals surface area contributed by atoms with Crippen LogP contribution in [-0.2, 0) is 11.3 Å². The van der Waals surface area contributed by atoms with Crippen LogP contribution in [0.4, 0.5) is 5.69 Å². The highest BCUT2D eigenvalue weighted by Crippen LogP contribution is 2.23. The first-order valence-electron chi connectivity index (χ1n) is 7.68. The minimum Gasteiger partial charge on any atom is -0.494 e. The Kier molecular flexibility index (Phi) is 7.03. The molecular formula is C18H19ClN2O3S. The van der Waals surface area contributed by atoms with Gasteiger partial charge in [-0.25, -0.2) is 4.79 Å². The Bertz CT molecular complexity index is 768. The maximum Gasteiger partial charge on any atom is 0.337 e. The summed E-state index contributed by atoms with van der Waals surface area (Å²) in [5.74, 6) is 0.376. The van der Waals surface area contributed by atoms with E-state index >= 15 is 0 Å². The van der Waals surface area contributed by atoms with Gasteiger partial charge in [-0.2, -0.15) is 0 Å². The van der Waals surface area contributed by atoms with Crippen molar-refractivity contribution in [3.63, 3.8) is 0 Å². The number of hydrogen-bond acceptors (Lipinski definition) is 4. The standard InChI is InChI=1S/C18H19ClN2O3S/c1-3-24-14-6-4-5-12(9-14)11-20-18(25)21-16-10-13(17(22)23-2)7-8-15(16)19/h4-10H,3,11H2,1-2H3,(H2,20,21,25). The number of thiocarbonyl (C=S) groups is 1. The minimum atomic E-state index is -0.439. The van der Waals surface area contributed by atoms with Gasteiger partial charge in [-0.1, -0.05) is 23.7 Å². The summed E-state index contributed by atoms with van der Waals surface area (Å²) in [6.45, 7) is 3.09. The molecule has 2 aromatic rings. The molecule has 25 heavy (non-hydrogen) atoms. The van der Waals surface area contributed by atoms with Crippen LogP contribution in [-0.4, -0.2) is 24.8 Å². The molecule has 0 saturated carbocycles. The molecule has 0 unspecified atom stereocenters. The topological polar surface area (TPSA) is 59.6 Å². The number of rotatable bonds is 6. The number of methoxy groups -OCH3 is 1. The van der Waals surface area contributed by atoms with Crippen LogP contribution in [0.15, 0.2) is 42.5 Å². The van der Waals surface area contributed by atoms with Crippen LogP contribution in [0.3, 0.4) is 0 Å². The van der Waals surface area contributed by atoms with E-state index < -0.39 is 5.97 Å². The van der Waals surface area contributed by atoms with Crippen molar-refractivity contribution < 1.29 is 14.3 Å². The van der Waals surface area contributed by atoms with Gasteiger partial charge in [0.15, 0.2) is 5.11 Å². The van der Waals surface area contributed by atoms with Crippen LogP contribution in [0.2, 0.25) is 5.02 Å². The minimum absolute atomic E-state index is 0.390. The molecule has 5 nitrogen and oxygen atoms in total.